The number of alkyl halides is 3. The van der Waals surface area contributed by atoms with Crippen molar-refractivity contribution in [2.24, 2.45) is 0 Å². The number of unbranched alkanes of at least 4 members (excludes halogenated alkanes) is 1. The Morgan fingerprint density at radius 2 is 1.72 bits per heavy atom. The first-order valence-electron chi connectivity index (χ1n) is 12.9. The number of nitrogens with zero attached hydrogens (tertiary/aromatic N) is 2. The van der Waals surface area contributed by atoms with Gasteiger partial charge in [0.2, 0.25) is 0 Å². The average Bonchev–Trinajstić information content (AvgIpc) is 3.05. The van der Waals surface area contributed by atoms with Crippen LogP contribution >= 0.6 is 0 Å². The van der Waals surface area contributed by atoms with Crippen molar-refractivity contribution in [2.75, 3.05) is 20.2 Å². The van der Waals surface area contributed by atoms with E-state index in [9.17, 15) is 27.6 Å². The van der Waals surface area contributed by atoms with Crippen LogP contribution in [0, 0.1) is 6.92 Å². The maximum Gasteiger partial charge on any atom is 0.417 e. The molecule has 1 aromatic heterocycles. The fourth-order valence-electron chi connectivity index (χ4n) is 4.93. The molecule has 3 aromatic rings. The van der Waals surface area contributed by atoms with Gasteiger partial charge in [0.05, 0.1) is 12.2 Å². The van der Waals surface area contributed by atoms with E-state index in [4.69, 9.17) is 9.15 Å². The van der Waals surface area contributed by atoms with E-state index in [2.05, 4.69) is 0 Å². The van der Waals surface area contributed by atoms with E-state index in [0.29, 0.717) is 43.1 Å². The van der Waals surface area contributed by atoms with Crippen molar-refractivity contribution in [1.82, 2.24) is 9.80 Å². The summed E-state index contributed by atoms with van der Waals surface area (Å²) in [5, 5.41) is -0.190. The zero-order chi connectivity index (χ0) is 28.5. The second-order valence-corrected chi connectivity index (χ2v) is 9.94. The van der Waals surface area contributed by atoms with Gasteiger partial charge in [-0.3, -0.25) is 9.69 Å². The molecule has 1 aliphatic rings. The molecule has 7 nitrogen and oxygen atoms in total. The van der Waals surface area contributed by atoms with Gasteiger partial charge < -0.3 is 14.1 Å². The maximum absolute atomic E-state index is 13.5. The lowest BCUT2D eigenvalue weighted by molar-refractivity contribution is -0.136. The minimum atomic E-state index is -4.70. The van der Waals surface area contributed by atoms with Crippen molar-refractivity contribution in [3.8, 4) is 5.75 Å². The number of ether oxygens (including phenoxy) is 1. The summed E-state index contributed by atoms with van der Waals surface area (Å²) in [6, 6.07) is 10.3. The number of hydrogen-bond acceptors (Lipinski definition) is 5. The van der Waals surface area contributed by atoms with E-state index >= 15 is 0 Å². The summed E-state index contributed by atoms with van der Waals surface area (Å²) in [4.78, 5) is 40.8. The van der Waals surface area contributed by atoms with Crippen LogP contribution in [0.5, 0.6) is 5.75 Å². The minimum Gasteiger partial charge on any atom is -0.493 e. The molecule has 0 saturated carbocycles. The lowest BCUT2D eigenvalue weighted by Crippen LogP contribution is -2.42. The maximum atomic E-state index is 13.5. The van der Waals surface area contributed by atoms with Crippen molar-refractivity contribution in [2.45, 2.75) is 58.2 Å². The largest absolute Gasteiger partial charge is 0.493 e. The molecule has 4 rings (SSSR count). The molecular formula is C29H31F3N2O5. The number of halogens is 3. The van der Waals surface area contributed by atoms with Crippen LogP contribution < -0.4 is 10.4 Å². The molecule has 1 fully saturated rings. The Balaban J connectivity index is 1.44. The van der Waals surface area contributed by atoms with Crippen LogP contribution in [-0.4, -0.2) is 41.9 Å². The number of aryl methyl sites for hydroxylation is 2. The van der Waals surface area contributed by atoms with Gasteiger partial charge in [-0.2, -0.15) is 13.2 Å². The molecule has 208 valence electrons. The third-order valence-electron chi connectivity index (χ3n) is 7.28. The second-order valence-electron chi connectivity index (χ2n) is 9.94. The highest BCUT2D eigenvalue weighted by molar-refractivity contribution is 6.07. The van der Waals surface area contributed by atoms with Crippen LogP contribution in [0.25, 0.3) is 11.0 Å². The number of hydrogen-bond donors (Lipinski definition) is 0. The summed E-state index contributed by atoms with van der Waals surface area (Å²) in [5.41, 5.74) is -1.15. The van der Waals surface area contributed by atoms with E-state index in [1.165, 1.54) is 21.9 Å². The number of amides is 3. The molecule has 2 aromatic carbocycles. The van der Waals surface area contributed by atoms with Crippen LogP contribution in [0.3, 0.4) is 0 Å². The van der Waals surface area contributed by atoms with E-state index in [1.54, 1.807) is 14.0 Å². The zero-order valence-electron chi connectivity index (χ0n) is 22.4. The first kappa shape index (κ1) is 28.2. The summed E-state index contributed by atoms with van der Waals surface area (Å²) < 4.78 is 51.6. The van der Waals surface area contributed by atoms with Gasteiger partial charge in [-0.15, -0.1) is 0 Å². The van der Waals surface area contributed by atoms with Gasteiger partial charge in [-0.25, -0.2) is 9.59 Å². The van der Waals surface area contributed by atoms with Crippen LogP contribution in [0.4, 0.5) is 18.0 Å². The molecule has 1 saturated heterocycles. The number of benzene rings is 2. The van der Waals surface area contributed by atoms with Crippen LogP contribution in [0.1, 0.15) is 55.4 Å². The second kappa shape index (κ2) is 10.7. The fourth-order valence-corrected chi connectivity index (χ4v) is 4.93. The molecule has 0 radical (unpaired) electrons. The molecule has 0 aliphatic carbocycles. The summed E-state index contributed by atoms with van der Waals surface area (Å²) in [5.74, 6) is 0.0434. The number of urea groups is 1. The molecule has 0 spiro atoms. The Labute approximate surface area is 224 Å². The molecule has 39 heavy (non-hydrogen) atoms. The Bertz CT molecular complexity index is 1450. The first-order chi connectivity index (χ1) is 18.4. The van der Waals surface area contributed by atoms with E-state index in [1.807, 2.05) is 38.1 Å². The highest BCUT2D eigenvalue weighted by Crippen LogP contribution is 2.38. The summed E-state index contributed by atoms with van der Waals surface area (Å²) in [6.45, 7) is 5.95. The van der Waals surface area contributed by atoms with Gasteiger partial charge in [0.25, 0.3) is 5.91 Å². The SMILES string of the molecule is CCCc1c(OCCCCN2C(=O)N(C)C(C)(c3ccc(C)cc3)C2=O)ccc2c(C(F)(F)F)cc(=O)oc12. The predicted octanol–water partition coefficient (Wildman–Crippen LogP) is 6.04. The third-order valence-corrected chi connectivity index (χ3v) is 7.28. The summed E-state index contributed by atoms with van der Waals surface area (Å²) >= 11 is 0. The molecule has 1 unspecified atom stereocenters. The van der Waals surface area contributed by atoms with E-state index < -0.39 is 22.9 Å². The molecule has 0 N–H and O–H groups in total. The molecule has 1 atom stereocenters. The summed E-state index contributed by atoms with van der Waals surface area (Å²) in [7, 11) is 1.61. The average molecular weight is 545 g/mol. The Kier molecular flexibility index (Phi) is 7.77. The van der Waals surface area contributed by atoms with Crippen molar-refractivity contribution in [3.05, 3.63) is 75.1 Å². The van der Waals surface area contributed by atoms with Crippen LogP contribution in [-0.2, 0) is 22.9 Å². The van der Waals surface area contributed by atoms with Crippen molar-refractivity contribution in [1.29, 1.82) is 0 Å². The smallest absolute Gasteiger partial charge is 0.417 e. The molecule has 3 amide bonds. The van der Waals surface area contributed by atoms with Gasteiger partial charge in [0.15, 0.2) is 0 Å². The molecule has 2 heterocycles. The van der Waals surface area contributed by atoms with Crippen molar-refractivity contribution < 1.29 is 31.9 Å². The van der Waals surface area contributed by atoms with Crippen molar-refractivity contribution >= 4 is 22.9 Å². The molecule has 0 bridgehead atoms. The first-order valence-corrected chi connectivity index (χ1v) is 12.9. The lowest BCUT2D eigenvalue weighted by atomic mass is 9.90. The minimum absolute atomic E-state index is 0.124. The number of carbonyl (C=O) groups excluding carboxylic acids is 2. The van der Waals surface area contributed by atoms with E-state index in [-0.39, 0.29) is 36.1 Å². The number of imide groups is 1. The van der Waals surface area contributed by atoms with Crippen LogP contribution in [0.15, 0.2) is 51.7 Å². The topological polar surface area (TPSA) is 80.1 Å². The zero-order valence-corrected chi connectivity index (χ0v) is 22.4. The monoisotopic (exact) mass is 544 g/mol. The Morgan fingerprint density at radius 1 is 1.03 bits per heavy atom. The van der Waals surface area contributed by atoms with Gasteiger partial charge in [-0.05, 0) is 50.8 Å². The van der Waals surface area contributed by atoms with Gasteiger partial charge in [0.1, 0.15) is 16.9 Å². The number of likely N-dealkylation sites (N-methyl/N-ethyl adjacent to an activating group) is 1. The van der Waals surface area contributed by atoms with Crippen LogP contribution in [0.2, 0.25) is 0 Å². The summed E-state index contributed by atoms with van der Waals surface area (Å²) in [6.07, 6.45) is -2.79. The third kappa shape index (κ3) is 5.24. The number of carbonyl (C=O) groups is 2. The van der Waals surface area contributed by atoms with Gasteiger partial charge in [-0.1, -0.05) is 43.2 Å². The Morgan fingerprint density at radius 3 is 2.36 bits per heavy atom. The predicted molar refractivity (Wildman–Crippen MR) is 140 cm³/mol. The van der Waals surface area contributed by atoms with Crippen molar-refractivity contribution in [3.63, 3.8) is 0 Å². The highest BCUT2D eigenvalue weighted by atomic mass is 19.4. The van der Waals surface area contributed by atoms with Gasteiger partial charge in [0, 0.05) is 30.6 Å². The number of fused-ring (bicyclic) bond motifs is 1. The normalized spacial score (nSPS) is 17.9. The molecular weight excluding hydrogens is 513 g/mol. The molecule has 1 aliphatic heterocycles. The Hall–Kier alpha value is -3.82. The fraction of sp³-hybridized carbons (Fsp3) is 0.414. The highest BCUT2D eigenvalue weighted by Gasteiger charge is 2.53. The van der Waals surface area contributed by atoms with Gasteiger partial charge >= 0.3 is 17.8 Å². The standard InChI is InChI=1S/C29H31F3N2O5/c1-5-8-21-23(14-13-20-22(29(30,31)32)17-24(35)39-25(20)21)38-16-7-6-15-34-26(36)28(3,33(4)27(34)37)19-11-9-18(2)10-12-19/h9-14,17H,5-8,15-16H2,1-4H3. The molecule has 10 heteroatoms. The number of rotatable bonds is 9. The lowest BCUT2D eigenvalue weighted by Gasteiger charge is -2.29. The quantitative estimate of drug-likeness (QED) is 0.186. The van der Waals surface area contributed by atoms with E-state index in [0.717, 1.165) is 11.1 Å².